The minimum absolute atomic E-state index is 0.0516. The Morgan fingerprint density at radius 2 is 2.18 bits per heavy atom. The van der Waals surface area contributed by atoms with E-state index in [1.165, 1.54) is 12.8 Å². The van der Waals surface area contributed by atoms with Crippen LogP contribution in [0.3, 0.4) is 0 Å². The summed E-state index contributed by atoms with van der Waals surface area (Å²) >= 11 is 0. The van der Waals surface area contributed by atoms with Crippen LogP contribution in [-0.4, -0.2) is 37.2 Å². The summed E-state index contributed by atoms with van der Waals surface area (Å²) in [5.41, 5.74) is -0.0516. The van der Waals surface area contributed by atoms with Crippen LogP contribution >= 0.6 is 0 Å². The summed E-state index contributed by atoms with van der Waals surface area (Å²) in [5, 5.41) is 6.60. The Labute approximate surface area is 103 Å². The first-order valence-electron chi connectivity index (χ1n) is 6.80. The third kappa shape index (κ3) is 3.96. The van der Waals surface area contributed by atoms with Crippen LogP contribution < -0.4 is 10.6 Å². The van der Waals surface area contributed by atoms with E-state index in [0.29, 0.717) is 12.5 Å². The number of amides is 1. The summed E-state index contributed by atoms with van der Waals surface area (Å²) < 4.78 is 5.33. The van der Waals surface area contributed by atoms with Gasteiger partial charge in [0.15, 0.2) is 0 Å². The first-order valence-corrected chi connectivity index (χ1v) is 6.80. The summed E-state index contributed by atoms with van der Waals surface area (Å²) in [7, 11) is 0. The van der Waals surface area contributed by atoms with Crippen LogP contribution in [0.4, 0.5) is 0 Å². The number of ether oxygens (including phenoxy) is 1. The summed E-state index contributed by atoms with van der Waals surface area (Å²) in [6, 6.07) is 0.382. The summed E-state index contributed by atoms with van der Waals surface area (Å²) in [5.74, 6) is 0.189. The third-order valence-corrected chi connectivity index (χ3v) is 3.88. The van der Waals surface area contributed by atoms with Crippen molar-refractivity contribution < 1.29 is 9.53 Å². The van der Waals surface area contributed by atoms with Crippen molar-refractivity contribution in [3.8, 4) is 0 Å². The normalized spacial score (nSPS) is 28.6. The molecule has 1 unspecified atom stereocenters. The van der Waals surface area contributed by atoms with Crippen molar-refractivity contribution in [2.24, 2.45) is 0 Å². The molecule has 0 bridgehead atoms. The summed E-state index contributed by atoms with van der Waals surface area (Å²) in [6.45, 7) is 4.71. The zero-order valence-corrected chi connectivity index (χ0v) is 10.8. The first-order chi connectivity index (χ1) is 8.18. The van der Waals surface area contributed by atoms with Gasteiger partial charge in [-0.1, -0.05) is 6.42 Å². The molecular formula is C13H24N2O2. The van der Waals surface area contributed by atoms with E-state index in [0.717, 1.165) is 39.0 Å². The highest BCUT2D eigenvalue weighted by Gasteiger charge is 2.29. The molecule has 4 nitrogen and oxygen atoms in total. The van der Waals surface area contributed by atoms with Gasteiger partial charge < -0.3 is 15.4 Å². The number of nitrogens with one attached hydrogen (secondary N) is 2. The van der Waals surface area contributed by atoms with Gasteiger partial charge in [-0.05, 0) is 39.2 Å². The minimum Gasteiger partial charge on any atom is -0.381 e. The molecule has 1 atom stereocenters. The molecule has 0 spiro atoms. The molecule has 4 heteroatoms. The Morgan fingerprint density at radius 3 is 2.82 bits per heavy atom. The maximum atomic E-state index is 12.0. The molecule has 17 heavy (non-hydrogen) atoms. The number of hydrogen-bond acceptors (Lipinski definition) is 3. The van der Waals surface area contributed by atoms with Crippen LogP contribution in [0.2, 0.25) is 0 Å². The second-order valence-corrected chi connectivity index (χ2v) is 5.57. The molecule has 0 aromatic heterocycles. The molecule has 2 aliphatic rings. The van der Waals surface area contributed by atoms with Crippen molar-refractivity contribution in [1.29, 1.82) is 0 Å². The van der Waals surface area contributed by atoms with Gasteiger partial charge in [0.1, 0.15) is 0 Å². The lowest BCUT2D eigenvalue weighted by Gasteiger charge is -2.35. The number of piperidine rings is 1. The molecule has 2 fully saturated rings. The predicted octanol–water partition coefficient (Wildman–Crippen LogP) is 1.20. The molecule has 0 aromatic rings. The predicted molar refractivity (Wildman–Crippen MR) is 66.9 cm³/mol. The van der Waals surface area contributed by atoms with Gasteiger partial charge in [-0.2, -0.15) is 0 Å². The molecule has 1 amide bonds. The lowest BCUT2D eigenvalue weighted by Crippen LogP contribution is -2.51. The maximum absolute atomic E-state index is 12.0. The fourth-order valence-corrected chi connectivity index (χ4v) is 2.66. The van der Waals surface area contributed by atoms with Crippen LogP contribution in [0.25, 0.3) is 0 Å². The SMILES string of the molecule is CC1(NC(=O)CC2CCCCN2)CCOCC1. The van der Waals surface area contributed by atoms with Crippen molar-refractivity contribution in [3.63, 3.8) is 0 Å². The van der Waals surface area contributed by atoms with Crippen LogP contribution in [0.5, 0.6) is 0 Å². The quantitative estimate of drug-likeness (QED) is 0.779. The van der Waals surface area contributed by atoms with Gasteiger partial charge in [-0.3, -0.25) is 4.79 Å². The molecule has 0 aromatic carbocycles. The lowest BCUT2D eigenvalue weighted by molar-refractivity contribution is -0.124. The van der Waals surface area contributed by atoms with Gasteiger partial charge >= 0.3 is 0 Å². The smallest absolute Gasteiger partial charge is 0.221 e. The van der Waals surface area contributed by atoms with E-state index in [-0.39, 0.29) is 11.4 Å². The maximum Gasteiger partial charge on any atom is 0.221 e. The molecule has 98 valence electrons. The van der Waals surface area contributed by atoms with Crippen molar-refractivity contribution in [2.45, 2.75) is 57.0 Å². The second-order valence-electron chi connectivity index (χ2n) is 5.57. The van der Waals surface area contributed by atoms with Crippen LogP contribution in [0, 0.1) is 0 Å². The van der Waals surface area contributed by atoms with Gasteiger partial charge in [0, 0.05) is 31.2 Å². The van der Waals surface area contributed by atoms with Crippen molar-refractivity contribution in [1.82, 2.24) is 10.6 Å². The van der Waals surface area contributed by atoms with E-state index >= 15 is 0 Å². The van der Waals surface area contributed by atoms with Gasteiger partial charge in [0.05, 0.1) is 0 Å². The van der Waals surface area contributed by atoms with Gasteiger partial charge in [-0.25, -0.2) is 0 Å². The average molecular weight is 240 g/mol. The van der Waals surface area contributed by atoms with Crippen LogP contribution in [0.1, 0.15) is 45.4 Å². The fraction of sp³-hybridized carbons (Fsp3) is 0.923. The lowest BCUT2D eigenvalue weighted by atomic mass is 9.92. The molecule has 2 rings (SSSR count). The van der Waals surface area contributed by atoms with Gasteiger partial charge in [-0.15, -0.1) is 0 Å². The Hall–Kier alpha value is -0.610. The van der Waals surface area contributed by atoms with E-state index in [4.69, 9.17) is 4.74 Å². The third-order valence-electron chi connectivity index (χ3n) is 3.88. The Balaban J connectivity index is 1.75. The molecule has 2 heterocycles. The van der Waals surface area contributed by atoms with Gasteiger partial charge in [0.2, 0.25) is 5.91 Å². The molecule has 2 saturated heterocycles. The zero-order chi connectivity index (χ0) is 12.1. The zero-order valence-electron chi connectivity index (χ0n) is 10.8. The molecule has 2 aliphatic heterocycles. The fourth-order valence-electron chi connectivity index (χ4n) is 2.66. The molecule has 0 saturated carbocycles. The van der Waals surface area contributed by atoms with Crippen molar-refractivity contribution >= 4 is 5.91 Å². The topological polar surface area (TPSA) is 50.4 Å². The van der Waals surface area contributed by atoms with Crippen molar-refractivity contribution in [2.75, 3.05) is 19.8 Å². The Morgan fingerprint density at radius 1 is 1.41 bits per heavy atom. The summed E-state index contributed by atoms with van der Waals surface area (Å²) in [4.78, 5) is 12.0. The van der Waals surface area contributed by atoms with Crippen LogP contribution in [0.15, 0.2) is 0 Å². The standard InChI is InChI=1S/C13H24N2O2/c1-13(5-8-17-9-6-13)15-12(16)10-11-4-2-3-7-14-11/h11,14H,2-10H2,1H3,(H,15,16). The van der Waals surface area contributed by atoms with E-state index in [9.17, 15) is 4.79 Å². The highest BCUT2D eigenvalue weighted by molar-refractivity contribution is 5.77. The summed E-state index contributed by atoms with van der Waals surface area (Å²) in [6.07, 6.45) is 6.10. The van der Waals surface area contributed by atoms with Crippen LogP contribution in [-0.2, 0) is 9.53 Å². The average Bonchev–Trinajstić information content (AvgIpc) is 2.30. The highest BCUT2D eigenvalue weighted by atomic mass is 16.5. The number of rotatable bonds is 3. The first kappa shape index (κ1) is 12.8. The number of carbonyl (C=O) groups is 1. The minimum atomic E-state index is -0.0516. The Kier molecular flexibility index (Phi) is 4.40. The van der Waals surface area contributed by atoms with E-state index < -0.39 is 0 Å². The number of carbonyl (C=O) groups excluding carboxylic acids is 1. The highest BCUT2D eigenvalue weighted by Crippen LogP contribution is 2.20. The Bertz CT molecular complexity index is 256. The monoisotopic (exact) mass is 240 g/mol. The van der Waals surface area contributed by atoms with Crippen molar-refractivity contribution in [3.05, 3.63) is 0 Å². The molecule has 0 radical (unpaired) electrons. The number of hydrogen-bond donors (Lipinski definition) is 2. The molecule has 0 aliphatic carbocycles. The molecule has 2 N–H and O–H groups in total. The van der Waals surface area contributed by atoms with E-state index in [2.05, 4.69) is 17.6 Å². The van der Waals surface area contributed by atoms with E-state index in [1.54, 1.807) is 0 Å². The largest absolute Gasteiger partial charge is 0.381 e. The van der Waals surface area contributed by atoms with E-state index in [1.807, 2.05) is 0 Å². The van der Waals surface area contributed by atoms with Gasteiger partial charge in [0.25, 0.3) is 0 Å². The molecular weight excluding hydrogens is 216 g/mol. The second kappa shape index (κ2) is 5.83.